The molecule has 1 rings (SSSR count). The minimum atomic E-state index is -1.14. The summed E-state index contributed by atoms with van der Waals surface area (Å²) in [5.74, 6) is -1.48. The van der Waals surface area contributed by atoms with Gasteiger partial charge in [-0.1, -0.05) is 20.8 Å². The summed E-state index contributed by atoms with van der Waals surface area (Å²) in [6.45, 7) is 5.74. The lowest BCUT2D eigenvalue weighted by Gasteiger charge is -2.03. The fourth-order valence-electron chi connectivity index (χ4n) is 1.43. The van der Waals surface area contributed by atoms with Gasteiger partial charge in [0.25, 0.3) is 0 Å². The van der Waals surface area contributed by atoms with Gasteiger partial charge in [0.15, 0.2) is 17.5 Å². The number of carbonyl (C=O) groups excluding carboxylic acids is 2. The van der Waals surface area contributed by atoms with E-state index in [9.17, 15) is 9.59 Å². The van der Waals surface area contributed by atoms with Crippen molar-refractivity contribution in [1.29, 1.82) is 5.26 Å². The van der Waals surface area contributed by atoms with E-state index >= 15 is 0 Å². The molecule has 0 bridgehead atoms. The summed E-state index contributed by atoms with van der Waals surface area (Å²) < 4.78 is 0. The van der Waals surface area contributed by atoms with Crippen molar-refractivity contribution in [3.8, 4) is 6.07 Å². The Balaban J connectivity index is 2.95. The van der Waals surface area contributed by atoms with E-state index in [1.54, 1.807) is 24.4 Å². The molecular weight excluding hydrogens is 234 g/mol. The third-order valence-electron chi connectivity index (χ3n) is 2.54. The summed E-state index contributed by atoms with van der Waals surface area (Å²) in [6.07, 6.45) is 0.213. The first-order valence-electron chi connectivity index (χ1n) is 5.56. The molecule has 1 atom stereocenters. The van der Waals surface area contributed by atoms with E-state index in [4.69, 9.17) is 5.26 Å². The molecule has 4 heteroatoms. The van der Waals surface area contributed by atoms with Crippen LogP contribution in [-0.2, 0) is 4.79 Å². The molecular formula is C13H15NO2S. The molecule has 0 aliphatic carbocycles. The van der Waals surface area contributed by atoms with E-state index < -0.39 is 5.92 Å². The van der Waals surface area contributed by atoms with E-state index in [0.717, 1.165) is 4.88 Å². The van der Waals surface area contributed by atoms with Gasteiger partial charge in [-0.3, -0.25) is 9.59 Å². The highest BCUT2D eigenvalue weighted by molar-refractivity contribution is 7.10. The highest BCUT2D eigenvalue weighted by Crippen LogP contribution is 2.25. The first kappa shape index (κ1) is 13.6. The fraction of sp³-hybridized carbons (Fsp3) is 0.462. The van der Waals surface area contributed by atoms with Crippen molar-refractivity contribution < 1.29 is 9.59 Å². The molecule has 0 aromatic carbocycles. The number of thiophene rings is 1. The Morgan fingerprint density at radius 1 is 1.47 bits per heavy atom. The second-order valence-electron chi connectivity index (χ2n) is 4.14. The largest absolute Gasteiger partial charge is 0.298 e. The zero-order valence-electron chi connectivity index (χ0n) is 10.2. The van der Waals surface area contributed by atoms with Gasteiger partial charge < -0.3 is 0 Å². The van der Waals surface area contributed by atoms with Crippen LogP contribution in [0.5, 0.6) is 0 Å². The minimum Gasteiger partial charge on any atom is -0.298 e. The molecule has 0 radical (unpaired) electrons. The van der Waals surface area contributed by atoms with Crippen molar-refractivity contribution in [3.05, 3.63) is 21.9 Å². The Bertz CT molecular complexity index is 468. The van der Waals surface area contributed by atoms with Gasteiger partial charge in [0.2, 0.25) is 0 Å². The quantitative estimate of drug-likeness (QED) is 0.595. The Labute approximate surface area is 105 Å². The van der Waals surface area contributed by atoms with Crippen LogP contribution in [0.4, 0.5) is 0 Å². The smallest absolute Gasteiger partial charge is 0.188 e. The first-order valence-corrected chi connectivity index (χ1v) is 6.44. The molecule has 0 aliphatic heterocycles. The maximum Gasteiger partial charge on any atom is 0.188 e. The van der Waals surface area contributed by atoms with Crippen molar-refractivity contribution >= 4 is 22.9 Å². The number of hydrogen-bond acceptors (Lipinski definition) is 4. The number of hydrogen-bond donors (Lipinski definition) is 0. The van der Waals surface area contributed by atoms with Gasteiger partial charge in [-0.05, 0) is 12.0 Å². The average molecular weight is 249 g/mol. The second kappa shape index (κ2) is 5.74. The Morgan fingerprint density at radius 3 is 2.53 bits per heavy atom. The molecule has 1 aromatic heterocycles. The van der Waals surface area contributed by atoms with Gasteiger partial charge in [-0.2, -0.15) is 5.26 Å². The number of nitriles is 1. The Kier molecular flexibility index (Phi) is 4.59. The van der Waals surface area contributed by atoms with Crippen LogP contribution in [0.3, 0.4) is 0 Å². The summed E-state index contributed by atoms with van der Waals surface area (Å²) >= 11 is 1.49. The maximum absolute atomic E-state index is 12.0. The molecule has 0 spiro atoms. The third-order valence-corrected chi connectivity index (χ3v) is 3.77. The molecule has 1 aromatic rings. The van der Waals surface area contributed by atoms with Gasteiger partial charge >= 0.3 is 0 Å². The highest BCUT2D eigenvalue weighted by Gasteiger charge is 2.26. The van der Waals surface area contributed by atoms with Crippen LogP contribution in [-0.4, -0.2) is 11.6 Å². The van der Waals surface area contributed by atoms with Crippen molar-refractivity contribution in [2.24, 2.45) is 5.92 Å². The highest BCUT2D eigenvalue weighted by atomic mass is 32.1. The van der Waals surface area contributed by atoms with Gasteiger partial charge in [-0.25, -0.2) is 0 Å². The van der Waals surface area contributed by atoms with Gasteiger partial charge in [0.1, 0.15) is 0 Å². The SMILES string of the molecule is CCC(=O)C(C#N)C(=O)c1csc(C(C)C)c1. The Hall–Kier alpha value is -1.47. The lowest BCUT2D eigenvalue weighted by molar-refractivity contribution is -0.119. The molecule has 1 heterocycles. The summed E-state index contributed by atoms with van der Waals surface area (Å²) in [5, 5.41) is 10.6. The molecule has 0 amide bonds. The fourth-order valence-corrected chi connectivity index (χ4v) is 2.35. The van der Waals surface area contributed by atoms with E-state index in [2.05, 4.69) is 0 Å². The zero-order valence-corrected chi connectivity index (χ0v) is 11.0. The zero-order chi connectivity index (χ0) is 13.0. The van der Waals surface area contributed by atoms with Crippen LogP contribution < -0.4 is 0 Å². The predicted octanol–water partition coefficient (Wildman–Crippen LogP) is 3.17. The van der Waals surface area contributed by atoms with Crippen molar-refractivity contribution in [2.45, 2.75) is 33.1 Å². The normalized spacial score (nSPS) is 12.2. The Morgan fingerprint density at radius 2 is 2.12 bits per heavy atom. The standard InChI is InChI=1S/C13H15NO2S/c1-4-11(15)10(6-14)13(16)9-5-12(8(2)3)17-7-9/h5,7-8,10H,4H2,1-3H3. The number of rotatable bonds is 5. The van der Waals surface area contributed by atoms with Crippen LogP contribution >= 0.6 is 11.3 Å². The first-order chi connectivity index (χ1) is 8.01. The summed E-state index contributed by atoms with van der Waals surface area (Å²) in [6, 6.07) is 3.58. The molecule has 90 valence electrons. The minimum absolute atomic E-state index is 0.213. The second-order valence-corrected chi connectivity index (χ2v) is 5.08. The van der Waals surface area contributed by atoms with Crippen LogP contribution in [0.25, 0.3) is 0 Å². The molecule has 17 heavy (non-hydrogen) atoms. The predicted molar refractivity (Wildman–Crippen MR) is 67.1 cm³/mol. The number of nitrogens with zero attached hydrogens (tertiary/aromatic N) is 1. The molecule has 0 saturated heterocycles. The lowest BCUT2D eigenvalue weighted by atomic mass is 9.95. The van der Waals surface area contributed by atoms with Gasteiger partial charge in [-0.15, -0.1) is 11.3 Å². The van der Waals surface area contributed by atoms with Gasteiger partial charge in [0, 0.05) is 22.2 Å². The van der Waals surface area contributed by atoms with Gasteiger partial charge in [0.05, 0.1) is 6.07 Å². The molecule has 1 unspecified atom stereocenters. The van der Waals surface area contributed by atoms with Crippen LogP contribution in [0.2, 0.25) is 0 Å². The number of ketones is 2. The summed E-state index contributed by atoms with van der Waals surface area (Å²) in [5.41, 5.74) is 0.479. The van der Waals surface area contributed by atoms with E-state index in [-0.39, 0.29) is 18.0 Å². The molecule has 0 fully saturated rings. The van der Waals surface area contributed by atoms with E-state index in [1.165, 1.54) is 11.3 Å². The molecule has 0 N–H and O–H groups in total. The summed E-state index contributed by atoms with van der Waals surface area (Å²) in [4.78, 5) is 24.5. The number of carbonyl (C=O) groups is 2. The average Bonchev–Trinajstić information content (AvgIpc) is 2.78. The van der Waals surface area contributed by atoms with Crippen LogP contribution in [0.15, 0.2) is 11.4 Å². The van der Waals surface area contributed by atoms with Crippen LogP contribution in [0.1, 0.15) is 48.3 Å². The van der Waals surface area contributed by atoms with Crippen molar-refractivity contribution in [1.82, 2.24) is 0 Å². The van der Waals surface area contributed by atoms with Crippen molar-refractivity contribution in [3.63, 3.8) is 0 Å². The number of Topliss-reactive ketones (excluding diaryl/α,β-unsaturated/α-hetero) is 2. The van der Waals surface area contributed by atoms with E-state index in [1.807, 2.05) is 13.8 Å². The monoisotopic (exact) mass is 249 g/mol. The van der Waals surface area contributed by atoms with E-state index in [0.29, 0.717) is 11.5 Å². The molecule has 3 nitrogen and oxygen atoms in total. The van der Waals surface area contributed by atoms with Crippen LogP contribution in [0, 0.1) is 17.2 Å². The molecule has 0 aliphatic rings. The third kappa shape index (κ3) is 3.01. The lowest BCUT2D eigenvalue weighted by Crippen LogP contribution is -2.21. The van der Waals surface area contributed by atoms with Crippen molar-refractivity contribution in [2.75, 3.05) is 0 Å². The maximum atomic E-state index is 12.0. The topological polar surface area (TPSA) is 57.9 Å². The summed E-state index contributed by atoms with van der Waals surface area (Å²) in [7, 11) is 0. The molecule has 0 saturated carbocycles.